The fourth-order valence-electron chi connectivity index (χ4n) is 4.40. The molecule has 1 aromatic carbocycles. The van der Waals surface area contributed by atoms with E-state index < -0.39 is 5.54 Å². The quantitative estimate of drug-likeness (QED) is 0.759. The third-order valence-corrected chi connectivity index (χ3v) is 6.54. The summed E-state index contributed by atoms with van der Waals surface area (Å²) in [5.74, 6) is 0.0194. The molecule has 2 amide bonds. The average molecular weight is 365 g/mol. The molecule has 1 fully saturated rings. The molecule has 2 aliphatic rings. The lowest BCUT2D eigenvalue weighted by Gasteiger charge is -2.49. The number of thiophene rings is 1. The highest BCUT2D eigenvalue weighted by Gasteiger charge is 2.54. The molecule has 0 spiro atoms. The molecule has 0 bridgehead atoms. The van der Waals surface area contributed by atoms with Crippen molar-refractivity contribution in [3.05, 3.63) is 57.9 Å². The summed E-state index contributed by atoms with van der Waals surface area (Å²) < 4.78 is 0. The Morgan fingerprint density at radius 1 is 1.19 bits per heavy atom. The zero-order valence-corrected chi connectivity index (χ0v) is 15.3. The Hall–Kier alpha value is -2.60. The molecular weight excluding hydrogens is 346 g/mol. The number of fused-ring (bicyclic) bond motifs is 5. The van der Waals surface area contributed by atoms with Gasteiger partial charge in [0.1, 0.15) is 6.54 Å². The first-order chi connectivity index (χ1) is 12.6. The lowest BCUT2D eigenvalue weighted by atomic mass is 9.83. The zero-order valence-electron chi connectivity index (χ0n) is 14.5. The number of aromatic amines is 1. The second kappa shape index (κ2) is 5.45. The van der Waals surface area contributed by atoms with Crippen LogP contribution in [0, 0.1) is 0 Å². The summed E-state index contributed by atoms with van der Waals surface area (Å²) in [6.07, 6.45) is 0.777. The molecule has 2 aliphatic heterocycles. The van der Waals surface area contributed by atoms with Gasteiger partial charge in [-0.2, -0.15) is 0 Å². The number of hydrogen-bond donors (Lipinski definition) is 1. The summed E-state index contributed by atoms with van der Waals surface area (Å²) in [7, 11) is 0. The average Bonchev–Trinajstić information content (AvgIpc) is 3.27. The van der Waals surface area contributed by atoms with E-state index in [0.717, 1.165) is 27.9 Å². The topological polar surface area (TPSA) is 56.4 Å². The summed E-state index contributed by atoms with van der Waals surface area (Å²) in [4.78, 5) is 34.4. The summed E-state index contributed by atoms with van der Waals surface area (Å²) in [5.41, 5.74) is 2.10. The number of nitrogens with one attached hydrogen (secondary N) is 1. The molecule has 1 N–H and O–H groups in total. The highest BCUT2D eigenvalue weighted by atomic mass is 32.1. The van der Waals surface area contributed by atoms with Gasteiger partial charge in [0.15, 0.2) is 5.54 Å². The van der Waals surface area contributed by atoms with Gasteiger partial charge in [0.05, 0.1) is 12.2 Å². The van der Waals surface area contributed by atoms with Gasteiger partial charge in [-0.3, -0.25) is 9.59 Å². The predicted octanol–water partition coefficient (Wildman–Crippen LogP) is 2.87. The maximum atomic E-state index is 13.5. The molecule has 132 valence electrons. The van der Waals surface area contributed by atoms with Gasteiger partial charge in [-0.1, -0.05) is 24.3 Å². The number of H-pyrrole nitrogens is 1. The molecule has 5 rings (SSSR count). The van der Waals surface area contributed by atoms with Crippen LogP contribution in [0.3, 0.4) is 0 Å². The zero-order chi connectivity index (χ0) is 17.9. The van der Waals surface area contributed by atoms with Crippen LogP contribution in [0.1, 0.15) is 23.1 Å². The number of carbonyl (C=O) groups is 2. The normalized spacial score (nSPS) is 22.7. The largest absolute Gasteiger partial charge is 0.356 e. The van der Waals surface area contributed by atoms with Crippen LogP contribution in [0.2, 0.25) is 0 Å². The van der Waals surface area contributed by atoms with Crippen molar-refractivity contribution in [3.63, 3.8) is 0 Å². The van der Waals surface area contributed by atoms with Crippen LogP contribution in [0.15, 0.2) is 41.8 Å². The van der Waals surface area contributed by atoms with Crippen LogP contribution in [-0.2, 0) is 28.1 Å². The standard InChI is InChI=1S/C20H19N3O2S/c1-20-18-15(14-6-2-3-7-16(14)21-18)8-9-23(20)17(24)12-22(19(20)25)11-13-5-4-10-26-13/h2-7,10,21H,8-9,11-12H2,1H3. The molecule has 0 radical (unpaired) electrons. The van der Waals surface area contributed by atoms with Gasteiger partial charge in [-0.05, 0) is 36.4 Å². The molecule has 6 heteroatoms. The molecule has 3 aromatic rings. The van der Waals surface area contributed by atoms with Gasteiger partial charge in [0, 0.05) is 22.3 Å². The number of carbonyl (C=O) groups excluding carboxylic acids is 2. The van der Waals surface area contributed by atoms with E-state index >= 15 is 0 Å². The van der Waals surface area contributed by atoms with Crippen molar-refractivity contribution in [2.75, 3.05) is 13.1 Å². The number of nitrogens with zero attached hydrogens (tertiary/aromatic N) is 2. The van der Waals surface area contributed by atoms with Crippen molar-refractivity contribution in [3.8, 4) is 0 Å². The van der Waals surface area contributed by atoms with E-state index in [-0.39, 0.29) is 18.4 Å². The number of piperazine rings is 1. The second-order valence-corrected chi connectivity index (χ2v) is 8.16. The number of benzene rings is 1. The van der Waals surface area contributed by atoms with E-state index in [4.69, 9.17) is 0 Å². The maximum absolute atomic E-state index is 13.5. The molecule has 26 heavy (non-hydrogen) atoms. The Balaban J connectivity index is 1.63. The molecule has 5 nitrogen and oxygen atoms in total. The van der Waals surface area contributed by atoms with Crippen molar-refractivity contribution in [1.82, 2.24) is 14.8 Å². The third kappa shape index (κ3) is 2.02. The number of aromatic nitrogens is 1. The van der Waals surface area contributed by atoms with Gasteiger partial charge in [-0.25, -0.2) is 0 Å². The first-order valence-electron chi connectivity index (χ1n) is 8.81. The molecule has 1 atom stereocenters. The van der Waals surface area contributed by atoms with Crippen molar-refractivity contribution < 1.29 is 9.59 Å². The van der Waals surface area contributed by atoms with Crippen LogP contribution in [0.4, 0.5) is 0 Å². The van der Waals surface area contributed by atoms with Crippen LogP contribution >= 0.6 is 11.3 Å². The monoisotopic (exact) mass is 365 g/mol. The van der Waals surface area contributed by atoms with Crippen LogP contribution in [0.5, 0.6) is 0 Å². The fraction of sp³-hybridized carbons (Fsp3) is 0.300. The SMILES string of the molecule is CC12C(=O)N(Cc3cccs3)CC(=O)N1CCc1c2[nH]c2ccccc12. The molecule has 0 saturated carbocycles. The predicted molar refractivity (Wildman–Crippen MR) is 101 cm³/mol. The van der Waals surface area contributed by atoms with Gasteiger partial charge in [0.25, 0.3) is 5.91 Å². The Morgan fingerprint density at radius 2 is 2.04 bits per heavy atom. The summed E-state index contributed by atoms with van der Waals surface area (Å²) in [5, 5.41) is 3.15. The number of hydrogen-bond acceptors (Lipinski definition) is 3. The van der Waals surface area contributed by atoms with Gasteiger partial charge in [-0.15, -0.1) is 11.3 Å². The van der Waals surface area contributed by atoms with Crippen molar-refractivity contribution >= 4 is 34.1 Å². The van der Waals surface area contributed by atoms with Gasteiger partial charge in [0.2, 0.25) is 5.91 Å². The second-order valence-electron chi connectivity index (χ2n) is 7.13. The molecule has 4 heterocycles. The van der Waals surface area contributed by atoms with Gasteiger partial charge >= 0.3 is 0 Å². The Kier molecular flexibility index (Phi) is 3.28. The smallest absolute Gasteiger partial charge is 0.255 e. The minimum absolute atomic E-state index is 0.00185. The molecule has 0 aliphatic carbocycles. The Morgan fingerprint density at radius 3 is 2.85 bits per heavy atom. The molecule has 1 unspecified atom stereocenters. The van der Waals surface area contributed by atoms with Crippen LogP contribution in [0.25, 0.3) is 10.9 Å². The minimum atomic E-state index is -0.959. The maximum Gasteiger partial charge on any atom is 0.255 e. The lowest BCUT2D eigenvalue weighted by molar-refractivity contribution is -0.166. The number of rotatable bonds is 2. The van der Waals surface area contributed by atoms with Crippen molar-refractivity contribution in [2.45, 2.75) is 25.4 Å². The Labute approximate surface area is 155 Å². The van der Waals surface area contributed by atoms with Crippen molar-refractivity contribution in [2.24, 2.45) is 0 Å². The van der Waals surface area contributed by atoms with Crippen LogP contribution < -0.4 is 0 Å². The van der Waals surface area contributed by atoms with E-state index in [0.29, 0.717) is 13.1 Å². The molecule has 2 aromatic heterocycles. The highest BCUT2D eigenvalue weighted by Crippen LogP contribution is 2.42. The van der Waals surface area contributed by atoms with E-state index in [9.17, 15) is 9.59 Å². The van der Waals surface area contributed by atoms with E-state index in [2.05, 4.69) is 11.1 Å². The summed E-state index contributed by atoms with van der Waals surface area (Å²) >= 11 is 1.61. The van der Waals surface area contributed by atoms with E-state index in [1.54, 1.807) is 21.1 Å². The fourth-order valence-corrected chi connectivity index (χ4v) is 5.12. The number of para-hydroxylation sites is 1. The van der Waals surface area contributed by atoms with Crippen LogP contribution in [-0.4, -0.2) is 39.7 Å². The first-order valence-corrected chi connectivity index (χ1v) is 9.69. The summed E-state index contributed by atoms with van der Waals surface area (Å²) in [6.45, 7) is 3.12. The van der Waals surface area contributed by atoms with E-state index in [1.807, 2.05) is 42.6 Å². The Bertz CT molecular complexity index is 1020. The number of amides is 2. The summed E-state index contributed by atoms with van der Waals surface area (Å²) in [6, 6.07) is 12.1. The molecular formula is C20H19N3O2S. The van der Waals surface area contributed by atoms with Crippen molar-refractivity contribution in [1.29, 1.82) is 0 Å². The highest BCUT2D eigenvalue weighted by molar-refractivity contribution is 7.09. The van der Waals surface area contributed by atoms with E-state index in [1.165, 1.54) is 5.56 Å². The third-order valence-electron chi connectivity index (χ3n) is 5.68. The van der Waals surface area contributed by atoms with Gasteiger partial charge < -0.3 is 14.8 Å². The lowest BCUT2D eigenvalue weighted by Crippen LogP contribution is -2.66. The first kappa shape index (κ1) is 15.6. The minimum Gasteiger partial charge on any atom is -0.356 e. The molecule has 1 saturated heterocycles.